The molecule has 0 atom stereocenters. The number of fused-ring (bicyclic) bond motifs is 1. The zero-order chi connectivity index (χ0) is 30.2. The molecule has 2 amide bonds. The van der Waals surface area contributed by atoms with Gasteiger partial charge in [-0.3, -0.25) is 4.79 Å². The summed E-state index contributed by atoms with van der Waals surface area (Å²) in [5.74, 6) is -4.17. The second-order valence-electron chi connectivity index (χ2n) is 11.4. The van der Waals surface area contributed by atoms with Crippen LogP contribution in [-0.2, 0) is 11.3 Å². The number of alkyl halides is 2. The van der Waals surface area contributed by atoms with Gasteiger partial charge >= 0.3 is 6.09 Å². The molecule has 1 saturated heterocycles. The molecule has 0 spiro atoms. The zero-order valence-electron chi connectivity index (χ0n) is 23.4. The molecule has 42 heavy (non-hydrogen) atoms. The summed E-state index contributed by atoms with van der Waals surface area (Å²) < 4.78 is 67.0. The lowest BCUT2D eigenvalue weighted by atomic mass is 9.95. The third-order valence-electron chi connectivity index (χ3n) is 6.94. The van der Waals surface area contributed by atoms with Crippen molar-refractivity contribution in [2.45, 2.75) is 51.7 Å². The Bertz CT molecular complexity index is 1630. The van der Waals surface area contributed by atoms with Gasteiger partial charge in [-0.05, 0) is 74.4 Å². The molecule has 0 bridgehead atoms. The van der Waals surface area contributed by atoms with Crippen molar-refractivity contribution in [2.24, 2.45) is 0 Å². The van der Waals surface area contributed by atoms with Crippen molar-refractivity contribution in [3.63, 3.8) is 0 Å². The van der Waals surface area contributed by atoms with Crippen molar-refractivity contribution in [1.82, 2.24) is 10.2 Å². The van der Waals surface area contributed by atoms with Gasteiger partial charge in [-0.15, -0.1) is 0 Å². The molecule has 6 nitrogen and oxygen atoms in total. The van der Waals surface area contributed by atoms with E-state index in [0.717, 1.165) is 12.1 Å². The monoisotopic (exact) mass is 582 g/mol. The molecule has 1 aromatic heterocycles. The van der Waals surface area contributed by atoms with Gasteiger partial charge in [-0.25, -0.2) is 22.4 Å². The fourth-order valence-electron chi connectivity index (χ4n) is 4.87. The summed E-state index contributed by atoms with van der Waals surface area (Å²) in [6.45, 7) is 5.23. The van der Waals surface area contributed by atoms with E-state index in [4.69, 9.17) is 9.15 Å². The molecule has 1 aliphatic heterocycles. The third kappa shape index (κ3) is 6.58. The van der Waals surface area contributed by atoms with Gasteiger partial charge in [0.15, 0.2) is 0 Å². The number of rotatable bonds is 5. The Morgan fingerprint density at radius 1 is 0.929 bits per heavy atom. The molecule has 0 unspecified atom stereocenters. The van der Waals surface area contributed by atoms with Crippen LogP contribution in [0.5, 0.6) is 0 Å². The normalized spacial score (nSPS) is 15.1. The van der Waals surface area contributed by atoms with Crippen LogP contribution >= 0.6 is 0 Å². The van der Waals surface area contributed by atoms with Gasteiger partial charge in [0.2, 0.25) is 0 Å². The summed E-state index contributed by atoms with van der Waals surface area (Å²) in [4.78, 5) is 26.4. The van der Waals surface area contributed by atoms with Crippen molar-refractivity contribution in [1.29, 1.82) is 0 Å². The van der Waals surface area contributed by atoms with E-state index in [1.165, 1.54) is 11.0 Å². The fourth-order valence-corrected chi connectivity index (χ4v) is 4.87. The number of furan rings is 1. The van der Waals surface area contributed by atoms with E-state index in [9.17, 15) is 27.2 Å². The zero-order valence-corrected chi connectivity index (χ0v) is 23.4. The Morgan fingerprint density at radius 2 is 1.62 bits per heavy atom. The number of ether oxygens (including phenoxy) is 1. The molecule has 1 aliphatic rings. The Balaban J connectivity index is 1.46. The van der Waals surface area contributed by atoms with Gasteiger partial charge in [0, 0.05) is 54.1 Å². The van der Waals surface area contributed by atoms with E-state index in [1.807, 2.05) is 6.07 Å². The van der Waals surface area contributed by atoms with Crippen LogP contribution in [-0.4, -0.2) is 41.5 Å². The SMILES string of the molecule is CC(C)(C)OC(=O)NCc1cc2cc(-c3ccc(C(=O)N4CCC(F)(F)CC4)cc3)cc(-c3ccc(F)cc3F)c2o1. The Morgan fingerprint density at radius 3 is 2.26 bits per heavy atom. The molecule has 0 saturated carbocycles. The first-order valence-electron chi connectivity index (χ1n) is 13.5. The number of benzene rings is 3. The minimum absolute atomic E-state index is 0.0115. The number of carbonyl (C=O) groups is 2. The van der Waals surface area contributed by atoms with Gasteiger partial charge in [0.05, 0.1) is 6.54 Å². The van der Waals surface area contributed by atoms with Gasteiger partial charge in [0.1, 0.15) is 28.6 Å². The number of alkyl carbamates (subject to hydrolysis) is 1. The number of hydrogen-bond donors (Lipinski definition) is 1. The summed E-state index contributed by atoms with van der Waals surface area (Å²) in [6.07, 6.45) is -1.35. The Kier molecular flexibility index (Phi) is 7.74. The topological polar surface area (TPSA) is 71.8 Å². The van der Waals surface area contributed by atoms with Crippen molar-refractivity contribution in [3.8, 4) is 22.3 Å². The van der Waals surface area contributed by atoms with Crippen LogP contribution in [0, 0.1) is 11.6 Å². The maximum Gasteiger partial charge on any atom is 0.408 e. The number of carbonyl (C=O) groups excluding carboxylic acids is 2. The highest BCUT2D eigenvalue weighted by Crippen LogP contribution is 2.37. The van der Waals surface area contributed by atoms with Crippen molar-refractivity contribution >= 4 is 23.0 Å². The number of amides is 2. The molecule has 220 valence electrons. The molecule has 1 fully saturated rings. The predicted molar refractivity (Wildman–Crippen MR) is 150 cm³/mol. The van der Waals surface area contributed by atoms with Gasteiger partial charge in [-0.2, -0.15) is 0 Å². The van der Waals surface area contributed by atoms with Crippen LogP contribution in [0.15, 0.2) is 65.1 Å². The predicted octanol–water partition coefficient (Wildman–Crippen LogP) is 7.94. The van der Waals surface area contributed by atoms with Crippen LogP contribution in [0.25, 0.3) is 33.2 Å². The van der Waals surface area contributed by atoms with Crippen LogP contribution in [0.4, 0.5) is 22.4 Å². The van der Waals surface area contributed by atoms with Crippen LogP contribution in [0.2, 0.25) is 0 Å². The van der Waals surface area contributed by atoms with Gasteiger partial charge in [-0.1, -0.05) is 12.1 Å². The van der Waals surface area contributed by atoms with E-state index in [1.54, 1.807) is 57.2 Å². The number of nitrogens with one attached hydrogen (secondary N) is 1. The highest BCUT2D eigenvalue weighted by molar-refractivity contribution is 5.98. The lowest BCUT2D eigenvalue weighted by molar-refractivity contribution is -0.0494. The summed E-state index contributed by atoms with van der Waals surface area (Å²) in [7, 11) is 0. The first kappa shape index (κ1) is 29.2. The van der Waals surface area contributed by atoms with E-state index in [-0.39, 0.29) is 43.9 Å². The van der Waals surface area contributed by atoms with E-state index in [0.29, 0.717) is 39.0 Å². The molecule has 0 radical (unpaired) electrons. The Labute approximate surface area is 240 Å². The van der Waals surface area contributed by atoms with Crippen molar-refractivity contribution < 1.29 is 36.3 Å². The highest BCUT2D eigenvalue weighted by atomic mass is 19.3. The second kappa shape index (κ2) is 11.2. The third-order valence-corrected chi connectivity index (χ3v) is 6.94. The number of halogens is 4. The standard InChI is InChI=1S/C32H30F4N2O4/c1-31(2,3)42-30(40)37-18-24-15-22-14-21(16-26(28(22)41-24)25-9-8-23(33)17-27(25)34)19-4-6-20(7-5-19)29(39)38-12-10-32(35,36)11-13-38/h4-9,14-17H,10-13,18H2,1-3H3,(H,37,40). The minimum atomic E-state index is -2.75. The minimum Gasteiger partial charge on any atom is -0.459 e. The largest absolute Gasteiger partial charge is 0.459 e. The van der Waals surface area contributed by atoms with E-state index >= 15 is 0 Å². The average molecular weight is 583 g/mol. The number of hydrogen-bond acceptors (Lipinski definition) is 4. The molecular formula is C32H30F4N2O4. The second-order valence-corrected chi connectivity index (χ2v) is 11.4. The van der Waals surface area contributed by atoms with Crippen LogP contribution in [0.3, 0.4) is 0 Å². The summed E-state index contributed by atoms with van der Waals surface area (Å²) in [6, 6.07) is 15.2. The van der Waals surface area contributed by atoms with Crippen molar-refractivity contribution in [3.05, 3.63) is 83.6 Å². The molecular weight excluding hydrogens is 552 g/mol. The molecule has 2 heterocycles. The molecule has 0 aliphatic carbocycles. The quantitative estimate of drug-likeness (QED) is 0.243. The molecule has 10 heteroatoms. The lowest BCUT2D eigenvalue weighted by Gasteiger charge is -2.31. The smallest absolute Gasteiger partial charge is 0.408 e. The summed E-state index contributed by atoms with van der Waals surface area (Å²) in [5.41, 5.74) is 1.91. The van der Waals surface area contributed by atoms with Gasteiger partial charge < -0.3 is 19.4 Å². The summed E-state index contributed by atoms with van der Waals surface area (Å²) >= 11 is 0. The maximum atomic E-state index is 14.9. The first-order chi connectivity index (χ1) is 19.8. The van der Waals surface area contributed by atoms with Crippen LogP contribution in [0.1, 0.15) is 49.7 Å². The van der Waals surface area contributed by atoms with Gasteiger partial charge in [0.25, 0.3) is 11.8 Å². The summed E-state index contributed by atoms with van der Waals surface area (Å²) in [5, 5.41) is 3.25. The molecule has 4 aromatic rings. The molecule has 3 aromatic carbocycles. The number of likely N-dealkylation sites (tertiary alicyclic amines) is 1. The number of piperidine rings is 1. The highest BCUT2D eigenvalue weighted by Gasteiger charge is 2.35. The fraction of sp³-hybridized carbons (Fsp3) is 0.312. The number of nitrogens with zero attached hydrogens (tertiary/aromatic N) is 1. The first-order valence-corrected chi connectivity index (χ1v) is 13.5. The maximum absolute atomic E-state index is 14.9. The van der Waals surface area contributed by atoms with Crippen LogP contribution < -0.4 is 5.32 Å². The van der Waals surface area contributed by atoms with E-state index in [2.05, 4.69) is 5.32 Å². The van der Waals surface area contributed by atoms with Crippen molar-refractivity contribution in [2.75, 3.05) is 13.1 Å². The lowest BCUT2D eigenvalue weighted by Crippen LogP contribution is -2.42. The molecule has 1 N–H and O–H groups in total. The van der Waals surface area contributed by atoms with E-state index < -0.39 is 29.3 Å². The molecule has 5 rings (SSSR count). The average Bonchev–Trinajstić information content (AvgIpc) is 3.34. The Hall–Kier alpha value is -4.34.